The second kappa shape index (κ2) is 11.8. The normalized spacial score (nSPS) is 12.6. The van der Waals surface area contributed by atoms with Crippen molar-refractivity contribution in [3.8, 4) is 5.75 Å². The third-order valence-corrected chi connectivity index (χ3v) is 12.0. The number of aryl methyl sites for hydroxylation is 1. The Morgan fingerprint density at radius 2 is 1.39 bits per heavy atom. The molecule has 0 fully saturated rings. The van der Waals surface area contributed by atoms with Gasteiger partial charge in [-0.1, -0.05) is 112 Å². The van der Waals surface area contributed by atoms with E-state index in [0.29, 0.717) is 18.4 Å². The lowest BCUT2D eigenvalue weighted by molar-refractivity contribution is 0.0599. The third kappa shape index (κ3) is 5.74. The molecule has 0 heterocycles. The Hall–Kier alpha value is -3.67. The lowest BCUT2D eigenvalue weighted by Crippen LogP contribution is -2.68. The fourth-order valence-corrected chi connectivity index (χ4v) is 9.53. The van der Waals surface area contributed by atoms with Crippen LogP contribution in [0.4, 0.5) is 0 Å². The molecule has 0 unspecified atom stereocenters. The molecule has 38 heavy (non-hydrogen) atoms. The van der Waals surface area contributed by atoms with Crippen LogP contribution in [0.2, 0.25) is 5.04 Å². The van der Waals surface area contributed by atoms with Crippen LogP contribution in [0, 0.1) is 0 Å². The number of aliphatic hydroxyl groups is 1. The van der Waals surface area contributed by atoms with Gasteiger partial charge in [-0.3, -0.25) is 0 Å². The van der Waals surface area contributed by atoms with Gasteiger partial charge in [-0.2, -0.15) is 0 Å². The van der Waals surface area contributed by atoms with Crippen molar-refractivity contribution in [3.63, 3.8) is 0 Å². The van der Waals surface area contributed by atoms with E-state index in [-0.39, 0.29) is 11.0 Å². The Morgan fingerprint density at radius 1 is 0.816 bits per heavy atom. The van der Waals surface area contributed by atoms with Crippen LogP contribution >= 0.6 is 0 Å². The van der Waals surface area contributed by atoms with E-state index >= 15 is 0 Å². The Labute approximate surface area is 227 Å². The Kier molecular flexibility index (Phi) is 8.50. The fourth-order valence-electron chi connectivity index (χ4n) is 5.12. The minimum Gasteiger partial charge on any atom is -0.534 e. The zero-order chi connectivity index (χ0) is 27.2. The third-order valence-electron chi connectivity index (χ3n) is 7.04. The van der Waals surface area contributed by atoms with E-state index in [9.17, 15) is 9.90 Å². The van der Waals surface area contributed by atoms with E-state index in [0.717, 1.165) is 16.9 Å². The summed E-state index contributed by atoms with van der Waals surface area (Å²) >= 11 is 0. The lowest BCUT2D eigenvalue weighted by Gasteiger charge is -2.43. The molecule has 0 radical (unpaired) electrons. The number of carbonyl (C=O) groups excluding carboxylic acids is 1. The summed E-state index contributed by atoms with van der Waals surface area (Å²) in [7, 11) is -1.40. The van der Waals surface area contributed by atoms with Gasteiger partial charge < -0.3 is 14.3 Å². The topological polar surface area (TPSA) is 55.8 Å². The van der Waals surface area contributed by atoms with Crippen molar-refractivity contribution in [2.24, 2.45) is 0 Å². The highest BCUT2D eigenvalue weighted by Gasteiger charge is 2.52. The molecular formula is C33H36O4Si. The summed E-state index contributed by atoms with van der Waals surface area (Å²) in [6.07, 6.45) is 0.312. The molecular weight excluding hydrogens is 488 g/mol. The predicted octanol–water partition coefficient (Wildman–Crippen LogP) is 6.08. The summed E-state index contributed by atoms with van der Waals surface area (Å²) in [6.45, 7) is 6.74. The van der Waals surface area contributed by atoms with Gasteiger partial charge in [-0.25, -0.2) is 4.79 Å². The molecule has 0 aliphatic carbocycles. The quantitative estimate of drug-likeness (QED) is 0.213. The number of benzene rings is 4. The number of aliphatic hydroxyl groups excluding tert-OH is 1. The van der Waals surface area contributed by atoms with Gasteiger partial charge in [0.1, 0.15) is 5.75 Å². The van der Waals surface area contributed by atoms with E-state index in [1.165, 1.54) is 17.5 Å². The van der Waals surface area contributed by atoms with Crippen molar-refractivity contribution in [2.45, 2.75) is 44.8 Å². The molecule has 1 atom stereocenters. The second-order valence-corrected chi connectivity index (χ2v) is 14.8. The smallest absolute Gasteiger partial charge is 0.338 e. The van der Waals surface area contributed by atoms with Crippen LogP contribution in [0.1, 0.15) is 54.8 Å². The molecule has 4 aromatic rings. The molecule has 1 N–H and O–H groups in total. The van der Waals surface area contributed by atoms with Crippen LogP contribution in [0.25, 0.3) is 0 Å². The van der Waals surface area contributed by atoms with Gasteiger partial charge in [0, 0.05) is 0 Å². The fraction of sp³-hybridized carbons (Fsp3) is 0.242. The van der Waals surface area contributed by atoms with Crippen molar-refractivity contribution < 1.29 is 19.1 Å². The van der Waals surface area contributed by atoms with E-state index in [2.05, 4.69) is 69.3 Å². The van der Waals surface area contributed by atoms with Crippen LogP contribution in [-0.4, -0.2) is 26.5 Å². The van der Waals surface area contributed by atoms with Crippen LogP contribution in [0.3, 0.4) is 0 Å². The molecule has 5 heteroatoms. The molecule has 0 aliphatic rings. The number of esters is 1. The summed E-state index contributed by atoms with van der Waals surface area (Å²) in [5.74, 6) is 0.376. The van der Waals surface area contributed by atoms with Gasteiger partial charge >= 0.3 is 14.3 Å². The zero-order valence-electron chi connectivity index (χ0n) is 22.6. The van der Waals surface area contributed by atoms with Crippen LogP contribution in [0.5, 0.6) is 5.75 Å². The highest BCUT2D eigenvalue weighted by atomic mass is 28.4. The van der Waals surface area contributed by atoms with Gasteiger partial charge in [0.15, 0.2) is 0 Å². The van der Waals surface area contributed by atoms with Gasteiger partial charge in [0.2, 0.25) is 0 Å². The first-order chi connectivity index (χ1) is 18.3. The largest absolute Gasteiger partial charge is 0.534 e. The standard InChI is InChI=1S/C33H36O4Si/c1-33(2,3)38(28-17-7-5-8-18-28,29-19-9-6-10-20-29)37-27-16-13-15-26(24-27)31(34)23-22-25-14-11-12-21-30(25)32(35)36-4/h5-21,24,31,34H,22-23H2,1-4H3/t31-/m1/s1. The maximum absolute atomic E-state index is 12.1. The maximum Gasteiger partial charge on any atom is 0.338 e. The molecule has 0 bridgehead atoms. The van der Waals surface area contributed by atoms with Crippen molar-refractivity contribution in [1.82, 2.24) is 0 Å². The number of rotatable bonds is 9. The first kappa shape index (κ1) is 27.4. The van der Waals surface area contributed by atoms with Crippen LogP contribution < -0.4 is 14.8 Å². The van der Waals surface area contributed by atoms with Crippen molar-refractivity contribution in [1.29, 1.82) is 0 Å². The SMILES string of the molecule is COC(=O)c1ccccc1CC[C@@H](O)c1cccc(O[Si](c2ccccc2)(c2ccccc2)C(C)(C)C)c1. The molecule has 0 saturated carbocycles. The first-order valence-electron chi connectivity index (χ1n) is 13.0. The number of methoxy groups -OCH3 is 1. The average Bonchev–Trinajstić information content (AvgIpc) is 2.94. The molecule has 0 spiro atoms. The number of ether oxygens (including phenoxy) is 1. The molecule has 0 saturated heterocycles. The van der Waals surface area contributed by atoms with Crippen LogP contribution in [-0.2, 0) is 11.2 Å². The summed E-state index contributed by atoms with van der Waals surface area (Å²) in [4.78, 5) is 12.1. The first-order valence-corrected chi connectivity index (χ1v) is 14.9. The van der Waals surface area contributed by atoms with Crippen molar-refractivity contribution in [3.05, 3.63) is 126 Å². The van der Waals surface area contributed by atoms with Gasteiger partial charge in [-0.15, -0.1) is 0 Å². The van der Waals surface area contributed by atoms with Crippen LogP contribution in [0.15, 0.2) is 109 Å². The predicted molar refractivity (Wildman–Crippen MR) is 156 cm³/mol. The Morgan fingerprint density at radius 3 is 1.97 bits per heavy atom. The molecule has 196 valence electrons. The number of hydrogen-bond acceptors (Lipinski definition) is 4. The monoisotopic (exact) mass is 524 g/mol. The molecule has 4 rings (SSSR count). The second-order valence-electron chi connectivity index (χ2n) is 10.5. The van der Waals surface area contributed by atoms with Gasteiger partial charge in [0.05, 0.1) is 18.8 Å². The van der Waals surface area contributed by atoms with E-state index in [4.69, 9.17) is 9.16 Å². The van der Waals surface area contributed by atoms with Crippen molar-refractivity contribution in [2.75, 3.05) is 7.11 Å². The summed E-state index contributed by atoms with van der Waals surface area (Å²) in [5.41, 5.74) is 2.18. The minimum absolute atomic E-state index is 0.165. The average molecular weight is 525 g/mol. The number of carbonyl (C=O) groups is 1. The number of hydrogen-bond donors (Lipinski definition) is 1. The minimum atomic E-state index is -2.78. The van der Waals surface area contributed by atoms with Gasteiger partial charge in [0.25, 0.3) is 0 Å². The maximum atomic E-state index is 12.1. The van der Waals surface area contributed by atoms with Crippen molar-refractivity contribution >= 4 is 24.7 Å². The molecule has 0 aliphatic heterocycles. The highest BCUT2D eigenvalue weighted by molar-refractivity contribution is 7.00. The molecule has 0 aromatic heterocycles. The summed E-state index contributed by atoms with van der Waals surface area (Å²) in [5, 5.41) is 13.4. The Balaban J connectivity index is 1.65. The summed E-state index contributed by atoms with van der Waals surface area (Å²) < 4.78 is 12.0. The molecule has 0 amide bonds. The molecule has 4 aromatic carbocycles. The lowest BCUT2D eigenvalue weighted by atomic mass is 9.98. The molecule has 4 nitrogen and oxygen atoms in total. The van der Waals surface area contributed by atoms with E-state index < -0.39 is 14.4 Å². The zero-order valence-corrected chi connectivity index (χ0v) is 23.6. The Bertz CT molecular complexity index is 1310. The van der Waals surface area contributed by atoms with Gasteiger partial charge in [-0.05, 0) is 57.6 Å². The summed E-state index contributed by atoms with van der Waals surface area (Å²) in [6, 6.07) is 36.2. The highest BCUT2D eigenvalue weighted by Crippen LogP contribution is 2.38. The van der Waals surface area contributed by atoms with E-state index in [1.54, 1.807) is 6.07 Å². The van der Waals surface area contributed by atoms with E-state index in [1.807, 2.05) is 54.6 Å².